The van der Waals surface area contributed by atoms with Gasteiger partial charge in [0.2, 0.25) is 0 Å². The molecule has 0 radical (unpaired) electrons. The summed E-state index contributed by atoms with van der Waals surface area (Å²) in [4.78, 5) is 2.64. The highest BCUT2D eigenvalue weighted by Gasteiger charge is 2.36. The molecular formula is C17H39NO3Si. The molecule has 0 aliphatic heterocycles. The fraction of sp³-hybridized carbons (Fsp3) is 1.00. The van der Waals surface area contributed by atoms with Gasteiger partial charge < -0.3 is 18.2 Å². The third-order valence-electron chi connectivity index (χ3n) is 4.30. The van der Waals surface area contributed by atoms with Crippen LogP contribution < -0.4 is 0 Å². The summed E-state index contributed by atoms with van der Waals surface area (Å²) in [5.74, 6) is 0. The largest absolute Gasteiger partial charge is 0.500 e. The van der Waals surface area contributed by atoms with Crippen LogP contribution in [0.3, 0.4) is 0 Å². The van der Waals surface area contributed by atoms with Gasteiger partial charge in [0.05, 0.1) is 0 Å². The maximum atomic E-state index is 5.46. The molecule has 0 spiro atoms. The first-order chi connectivity index (χ1) is 10.7. The number of hydrogen-bond acceptors (Lipinski definition) is 4. The van der Waals surface area contributed by atoms with Gasteiger partial charge in [0.1, 0.15) is 0 Å². The second kappa shape index (κ2) is 14.6. The number of nitrogens with zero attached hydrogens (tertiary/aromatic N) is 1. The summed E-state index contributed by atoms with van der Waals surface area (Å²) in [6.07, 6.45) is 10.2. The third kappa shape index (κ3) is 9.95. The zero-order valence-corrected chi connectivity index (χ0v) is 16.7. The Hall–Kier alpha value is 0.0569. The lowest BCUT2D eigenvalue weighted by Crippen LogP contribution is -2.42. The second-order valence-corrected chi connectivity index (χ2v) is 9.10. The summed E-state index contributed by atoms with van der Waals surface area (Å²) >= 11 is 0. The van der Waals surface area contributed by atoms with Gasteiger partial charge in [0.25, 0.3) is 0 Å². The van der Waals surface area contributed by atoms with E-state index in [4.69, 9.17) is 13.3 Å². The SMILES string of the molecule is CCCCN(CCCC)CCCCCC[Si](OC)(OC)OC. The highest BCUT2D eigenvalue weighted by atomic mass is 28.4. The highest BCUT2D eigenvalue weighted by molar-refractivity contribution is 6.60. The van der Waals surface area contributed by atoms with E-state index in [1.807, 2.05) is 0 Å². The summed E-state index contributed by atoms with van der Waals surface area (Å²) in [6, 6.07) is 0.923. The molecule has 5 heteroatoms. The van der Waals surface area contributed by atoms with Gasteiger partial charge in [-0.15, -0.1) is 0 Å². The molecule has 134 valence electrons. The molecule has 0 rings (SSSR count). The lowest BCUT2D eigenvalue weighted by molar-refractivity contribution is 0.122. The Bertz CT molecular complexity index is 222. The van der Waals surface area contributed by atoms with Crippen molar-refractivity contribution in [3.05, 3.63) is 0 Å². The Morgan fingerprint density at radius 1 is 0.636 bits per heavy atom. The van der Waals surface area contributed by atoms with Crippen LogP contribution in [0.5, 0.6) is 0 Å². The topological polar surface area (TPSA) is 30.9 Å². The quantitative estimate of drug-likeness (QED) is 0.311. The molecule has 0 unspecified atom stereocenters. The second-order valence-electron chi connectivity index (χ2n) is 6.01. The van der Waals surface area contributed by atoms with Gasteiger partial charge in [-0.3, -0.25) is 0 Å². The van der Waals surface area contributed by atoms with Gasteiger partial charge in [-0.1, -0.05) is 39.5 Å². The molecule has 0 aliphatic carbocycles. The number of hydrogen-bond donors (Lipinski definition) is 0. The van der Waals surface area contributed by atoms with E-state index in [-0.39, 0.29) is 0 Å². The predicted molar refractivity (Wildman–Crippen MR) is 96.3 cm³/mol. The first kappa shape index (κ1) is 22.1. The maximum Gasteiger partial charge on any atom is 0.500 e. The first-order valence-corrected chi connectivity index (χ1v) is 11.0. The first-order valence-electron chi connectivity index (χ1n) is 9.05. The minimum absolute atomic E-state index is 0.923. The van der Waals surface area contributed by atoms with Crippen LogP contribution in [0.25, 0.3) is 0 Å². The van der Waals surface area contributed by atoms with Crippen LogP contribution in [0.1, 0.15) is 65.2 Å². The van der Waals surface area contributed by atoms with Crippen molar-refractivity contribution in [2.75, 3.05) is 41.0 Å². The van der Waals surface area contributed by atoms with E-state index in [9.17, 15) is 0 Å². The molecule has 0 N–H and O–H groups in total. The van der Waals surface area contributed by atoms with Gasteiger partial charge in [-0.2, -0.15) is 0 Å². The zero-order valence-electron chi connectivity index (χ0n) is 15.7. The molecule has 0 aromatic heterocycles. The lowest BCUT2D eigenvalue weighted by Gasteiger charge is -2.24. The van der Waals surface area contributed by atoms with Crippen LogP contribution in [0, 0.1) is 0 Å². The van der Waals surface area contributed by atoms with Crippen molar-refractivity contribution >= 4 is 8.80 Å². The van der Waals surface area contributed by atoms with Crippen LogP contribution in [-0.2, 0) is 13.3 Å². The molecule has 0 bridgehead atoms. The Morgan fingerprint density at radius 2 is 1.09 bits per heavy atom. The van der Waals surface area contributed by atoms with Crippen molar-refractivity contribution in [3.8, 4) is 0 Å². The molecule has 0 saturated carbocycles. The Balaban J connectivity index is 3.79. The van der Waals surface area contributed by atoms with Gasteiger partial charge >= 0.3 is 8.80 Å². The van der Waals surface area contributed by atoms with E-state index >= 15 is 0 Å². The summed E-state index contributed by atoms with van der Waals surface area (Å²) in [7, 11) is 2.73. The average Bonchev–Trinajstić information content (AvgIpc) is 2.56. The lowest BCUT2D eigenvalue weighted by atomic mass is 10.2. The summed E-state index contributed by atoms with van der Waals surface area (Å²) in [5.41, 5.74) is 0. The fourth-order valence-corrected chi connectivity index (χ4v) is 4.48. The normalized spacial score (nSPS) is 12.3. The van der Waals surface area contributed by atoms with E-state index in [0.29, 0.717) is 0 Å². The van der Waals surface area contributed by atoms with E-state index in [1.165, 1.54) is 64.6 Å². The van der Waals surface area contributed by atoms with Crippen LogP contribution >= 0.6 is 0 Å². The smallest absolute Gasteiger partial charge is 0.377 e. The molecule has 0 atom stereocenters. The molecule has 0 saturated heterocycles. The minimum Gasteiger partial charge on any atom is -0.377 e. The molecule has 0 aromatic carbocycles. The fourth-order valence-electron chi connectivity index (χ4n) is 2.69. The Kier molecular flexibility index (Phi) is 14.7. The number of rotatable bonds is 16. The van der Waals surface area contributed by atoms with Gasteiger partial charge in [-0.05, 0) is 45.3 Å². The molecule has 0 amide bonds. The molecule has 0 fully saturated rings. The molecule has 22 heavy (non-hydrogen) atoms. The van der Waals surface area contributed by atoms with E-state index in [1.54, 1.807) is 21.3 Å². The average molecular weight is 334 g/mol. The van der Waals surface area contributed by atoms with Crippen molar-refractivity contribution < 1.29 is 13.3 Å². The van der Waals surface area contributed by atoms with Crippen LogP contribution in [-0.4, -0.2) is 54.7 Å². The molecule has 0 aromatic rings. The van der Waals surface area contributed by atoms with Crippen molar-refractivity contribution in [1.29, 1.82) is 0 Å². The van der Waals surface area contributed by atoms with Crippen LogP contribution in [0.15, 0.2) is 0 Å². The Morgan fingerprint density at radius 3 is 1.55 bits per heavy atom. The molecular weight excluding hydrogens is 294 g/mol. The van der Waals surface area contributed by atoms with E-state index in [2.05, 4.69) is 18.7 Å². The van der Waals surface area contributed by atoms with Gasteiger partial charge in [0, 0.05) is 27.4 Å². The predicted octanol–water partition coefficient (Wildman–Crippen LogP) is 4.33. The highest BCUT2D eigenvalue weighted by Crippen LogP contribution is 2.17. The van der Waals surface area contributed by atoms with E-state index < -0.39 is 8.80 Å². The summed E-state index contributed by atoms with van der Waals surface area (Å²) < 4.78 is 16.4. The third-order valence-corrected chi connectivity index (χ3v) is 7.13. The summed E-state index contributed by atoms with van der Waals surface area (Å²) in [6.45, 7) is 8.33. The van der Waals surface area contributed by atoms with Crippen LogP contribution in [0.2, 0.25) is 6.04 Å². The van der Waals surface area contributed by atoms with Crippen molar-refractivity contribution in [2.45, 2.75) is 71.3 Å². The zero-order chi connectivity index (χ0) is 16.7. The minimum atomic E-state index is -2.35. The van der Waals surface area contributed by atoms with Crippen molar-refractivity contribution in [3.63, 3.8) is 0 Å². The maximum absolute atomic E-state index is 5.46. The monoisotopic (exact) mass is 333 g/mol. The van der Waals surface area contributed by atoms with Crippen molar-refractivity contribution in [2.24, 2.45) is 0 Å². The molecule has 0 aliphatic rings. The standard InChI is InChI=1S/C17H39NO3Si/c1-6-8-14-18(15-9-7-2)16-12-10-11-13-17-22(19-3,20-4)21-5/h6-17H2,1-5H3. The van der Waals surface area contributed by atoms with Crippen molar-refractivity contribution in [1.82, 2.24) is 4.90 Å². The van der Waals surface area contributed by atoms with E-state index in [0.717, 1.165) is 12.5 Å². The Labute approximate surface area is 139 Å². The van der Waals surface area contributed by atoms with Gasteiger partial charge in [-0.25, -0.2) is 0 Å². The van der Waals surface area contributed by atoms with Gasteiger partial charge in [0.15, 0.2) is 0 Å². The molecule has 0 heterocycles. The summed E-state index contributed by atoms with van der Waals surface area (Å²) in [5, 5.41) is 0. The van der Waals surface area contributed by atoms with Crippen LogP contribution in [0.4, 0.5) is 0 Å². The number of unbranched alkanes of at least 4 members (excludes halogenated alkanes) is 5. The molecule has 4 nitrogen and oxygen atoms in total.